The number of nitrogens with zero attached hydrogens (tertiary/aromatic N) is 1. The van der Waals surface area contributed by atoms with Crippen molar-refractivity contribution >= 4 is 11.6 Å². The molecule has 184 valence electrons. The number of halogens is 2. The number of piperidine rings is 1. The van der Waals surface area contributed by atoms with Gasteiger partial charge in [0.15, 0.2) is 0 Å². The van der Waals surface area contributed by atoms with E-state index in [-0.39, 0.29) is 28.7 Å². The van der Waals surface area contributed by atoms with Gasteiger partial charge in [0.05, 0.1) is 24.6 Å². The fourth-order valence-corrected chi connectivity index (χ4v) is 5.31. The van der Waals surface area contributed by atoms with E-state index in [1.54, 1.807) is 13.2 Å². The lowest BCUT2D eigenvalue weighted by Crippen LogP contribution is -2.52. The molecule has 0 radical (unpaired) electrons. The van der Waals surface area contributed by atoms with E-state index in [1.165, 1.54) is 17.2 Å². The third kappa shape index (κ3) is 5.76. The van der Waals surface area contributed by atoms with Crippen LogP contribution in [-0.4, -0.2) is 49.1 Å². The number of rotatable bonds is 8. The Morgan fingerprint density at radius 3 is 2.71 bits per heavy atom. The van der Waals surface area contributed by atoms with Gasteiger partial charge in [0.25, 0.3) is 0 Å². The molecule has 34 heavy (non-hydrogen) atoms. The standard InChI is InChI=1S/C28H37ClFN3O/c1-19(29)27(18-33-12-10-28(3,11-13-33)23-6-5-7-24(30)16-23)32-20(2)26-15-21-8-9-25(34-4)14-22(21)17-31-26/h5-9,14,16,19,26-27,31-32H,2,10-13,15,17-18H2,1,3-4H3/t19?,26-,27-/m1/s1. The molecular weight excluding hydrogens is 449 g/mol. The number of likely N-dealkylation sites (tertiary alicyclic amines) is 1. The third-order valence-electron chi connectivity index (χ3n) is 7.66. The average molecular weight is 486 g/mol. The molecule has 2 aliphatic heterocycles. The predicted octanol–water partition coefficient (Wildman–Crippen LogP) is 5.00. The highest BCUT2D eigenvalue weighted by atomic mass is 35.5. The molecule has 3 atom stereocenters. The first kappa shape index (κ1) is 25.0. The summed E-state index contributed by atoms with van der Waals surface area (Å²) in [5.74, 6) is 0.736. The summed E-state index contributed by atoms with van der Waals surface area (Å²) in [6.07, 6.45) is 2.90. The Hall–Kier alpha value is -2.08. The van der Waals surface area contributed by atoms with Gasteiger partial charge in [0, 0.05) is 18.8 Å². The molecule has 2 aromatic carbocycles. The second-order valence-corrected chi connectivity index (χ2v) is 10.8. The summed E-state index contributed by atoms with van der Waals surface area (Å²) in [6.45, 7) is 12.3. The minimum absolute atomic E-state index is 0.0137. The fraction of sp³-hybridized carbons (Fsp3) is 0.500. The van der Waals surface area contributed by atoms with Crippen molar-refractivity contribution in [3.8, 4) is 5.75 Å². The zero-order chi connectivity index (χ0) is 24.3. The average Bonchev–Trinajstić information content (AvgIpc) is 2.84. The molecule has 0 aromatic heterocycles. The number of fused-ring (bicyclic) bond motifs is 1. The largest absolute Gasteiger partial charge is 0.497 e. The summed E-state index contributed by atoms with van der Waals surface area (Å²) >= 11 is 6.62. The maximum Gasteiger partial charge on any atom is 0.123 e. The predicted molar refractivity (Wildman–Crippen MR) is 138 cm³/mol. The molecule has 0 saturated carbocycles. The van der Waals surface area contributed by atoms with Gasteiger partial charge >= 0.3 is 0 Å². The number of nitrogens with one attached hydrogen (secondary N) is 2. The van der Waals surface area contributed by atoms with Crippen LogP contribution in [0, 0.1) is 5.82 Å². The summed E-state index contributed by atoms with van der Waals surface area (Å²) in [6, 6.07) is 13.6. The van der Waals surface area contributed by atoms with Crippen LogP contribution in [0.4, 0.5) is 4.39 Å². The Labute approximate surface area is 208 Å². The normalized spacial score (nSPS) is 21.9. The van der Waals surface area contributed by atoms with Crippen molar-refractivity contribution < 1.29 is 9.13 Å². The van der Waals surface area contributed by atoms with E-state index in [0.717, 1.165) is 62.5 Å². The molecule has 2 aliphatic rings. The van der Waals surface area contributed by atoms with Crippen molar-refractivity contribution in [3.05, 3.63) is 77.2 Å². The molecule has 0 amide bonds. The van der Waals surface area contributed by atoms with E-state index < -0.39 is 0 Å². The molecule has 2 heterocycles. The van der Waals surface area contributed by atoms with Crippen LogP contribution >= 0.6 is 11.6 Å². The monoisotopic (exact) mass is 485 g/mol. The second kappa shape index (κ2) is 10.7. The lowest BCUT2D eigenvalue weighted by molar-refractivity contribution is 0.155. The molecule has 4 rings (SSSR count). The Morgan fingerprint density at radius 2 is 2.03 bits per heavy atom. The molecule has 1 fully saturated rings. The molecule has 0 spiro atoms. The molecule has 4 nitrogen and oxygen atoms in total. The van der Waals surface area contributed by atoms with Crippen LogP contribution in [0.1, 0.15) is 43.4 Å². The van der Waals surface area contributed by atoms with Gasteiger partial charge in [-0.05, 0) is 85.6 Å². The maximum atomic E-state index is 13.8. The Balaban J connectivity index is 1.33. The van der Waals surface area contributed by atoms with Crippen molar-refractivity contribution in [3.63, 3.8) is 0 Å². The van der Waals surface area contributed by atoms with E-state index in [9.17, 15) is 4.39 Å². The summed E-state index contributed by atoms with van der Waals surface area (Å²) in [5, 5.41) is 7.21. The first-order chi connectivity index (χ1) is 16.3. The van der Waals surface area contributed by atoms with Gasteiger partial charge in [0.2, 0.25) is 0 Å². The Bertz CT molecular complexity index is 1000. The van der Waals surface area contributed by atoms with Crippen molar-refractivity contribution in [1.82, 2.24) is 15.5 Å². The van der Waals surface area contributed by atoms with Crippen LogP contribution in [0.5, 0.6) is 5.75 Å². The molecule has 2 N–H and O–H groups in total. The molecular formula is C28H37ClFN3O. The van der Waals surface area contributed by atoms with Crippen LogP contribution in [0.2, 0.25) is 0 Å². The first-order valence-electron chi connectivity index (χ1n) is 12.2. The number of hydrogen-bond acceptors (Lipinski definition) is 4. The number of methoxy groups -OCH3 is 1. The molecule has 1 saturated heterocycles. The van der Waals surface area contributed by atoms with E-state index in [1.807, 2.05) is 19.1 Å². The quantitative estimate of drug-likeness (QED) is 0.516. The van der Waals surface area contributed by atoms with E-state index >= 15 is 0 Å². The van der Waals surface area contributed by atoms with E-state index in [2.05, 4.69) is 47.2 Å². The molecule has 0 aliphatic carbocycles. The lowest BCUT2D eigenvalue weighted by atomic mass is 9.74. The van der Waals surface area contributed by atoms with Gasteiger partial charge in [-0.2, -0.15) is 0 Å². The van der Waals surface area contributed by atoms with Crippen molar-refractivity contribution in [1.29, 1.82) is 0 Å². The first-order valence-corrected chi connectivity index (χ1v) is 12.7. The summed E-state index contributed by atoms with van der Waals surface area (Å²) in [7, 11) is 1.70. The number of benzene rings is 2. The van der Waals surface area contributed by atoms with Crippen LogP contribution < -0.4 is 15.4 Å². The SMILES string of the molecule is C=C(N[C@H](CN1CCC(C)(c2cccc(F)c2)CC1)C(C)Cl)[C@H]1Cc2ccc(OC)cc2CN1. The van der Waals surface area contributed by atoms with Gasteiger partial charge in [-0.1, -0.05) is 31.7 Å². The molecule has 0 bridgehead atoms. The topological polar surface area (TPSA) is 36.5 Å². The van der Waals surface area contributed by atoms with Crippen molar-refractivity contribution in [2.24, 2.45) is 0 Å². The molecule has 2 aromatic rings. The Kier molecular flexibility index (Phi) is 7.86. The van der Waals surface area contributed by atoms with Crippen LogP contribution in [0.3, 0.4) is 0 Å². The number of hydrogen-bond donors (Lipinski definition) is 2. The zero-order valence-corrected chi connectivity index (χ0v) is 21.3. The van der Waals surface area contributed by atoms with Crippen molar-refractivity contribution in [2.75, 3.05) is 26.7 Å². The maximum absolute atomic E-state index is 13.8. The van der Waals surface area contributed by atoms with Gasteiger partial charge in [-0.15, -0.1) is 11.6 Å². The van der Waals surface area contributed by atoms with Gasteiger partial charge < -0.3 is 20.3 Å². The van der Waals surface area contributed by atoms with Gasteiger partial charge in [-0.3, -0.25) is 0 Å². The molecule has 1 unspecified atom stereocenters. The molecule has 6 heteroatoms. The van der Waals surface area contributed by atoms with E-state index in [4.69, 9.17) is 16.3 Å². The van der Waals surface area contributed by atoms with Crippen LogP contribution in [-0.2, 0) is 18.4 Å². The summed E-state index contributed by atoms with van der Waals surface area (Å²) in [4.78, 5) is 2.47. The lowest BCUT2D eigenvalue weighted by Gasteiger charge is -2.42. The zero-order valence-electron chi connectivity index (χ0n) is 20.5. The summed E-state index contributed by atoms with van der Waals surface area (Å²) < 4.78 is 19.1. The highest BCUT2D eigenvalue weighted by molar-refractivity contribution is 6.20. The highest BCUT2D eigenvalue weighted by Crippen LogP contribution is 2.35. The van der Waals surface area contributed by atoms with Crippen LogP contribution in [0.15, 0.2) is 54.7 Å². The number of alkyl halides is 1. The minimum atomic E-state index is -0.155. The van der Waals surface area contributed by atoms with Gasteiger partial charge in [-0.25, -0.2) is 4.39 Å². The number of ether oxygens (including phenoxy) is 1. The van der Waals surface area contributed by atoms with Crippen molar-refractivity contribution in [2.45, 2.75) is 62.5 Å². The van der Waals surface area contributed by atoms with Gasteiger partial charge in [0.1, 0.15) is 11.6 Å². The summed E-state index contributed by atoms with van der Waals surface area (Å²) in [5.41, 5.74) is 4.71. The smallest absolute Gasteiger partial charge is 0.123 e. The Morgan fingerprint density at radius 1 is 1.26 bits per heavy atom. The third-order valence-corrected chi connectivity index (χ3v) is 7.96. The van der Waals surface area contributed by atoms with E-state index in [0.29, 0.717) is 0 Å². The van der Waals surface area contributed by atoms with Crippen LogP contribution in [0.25, 0.3) is 0 Å². The highest BCUT2D eigenvalue weighted by Gasteiger charge is 2.33. The minimum Gasteiger partial charge on any atom is -0.497 e. The fourth-order valence-electron chi connectivity index (χ4n) is 5.17. The second-order valence-electron chi connectivity index (χ2n) is 10.1.